The fraction of sp³-hybridized carbons (Fsp3) is 0.250. The Labute approximate surface area is 233 Å². The summed E-state index contributed by atoms with van der Waals surface area (Å²) in [5, 5.41) is 15.6. The number of hydrogen-bond acceptors (Lipinski definition) is 7. The lowest BCUT2D eigenvalue weighted by Crippen LogP contribution is -2.08. The minimum atomic E-state index is -0.537. The maximum Gasteiger partial charge on any atom is 0.162 e. The van der Waals surface area contributed by atoms with Gasteiger partial charge in [-0.15, -0.1) is 11.3 Å². The van der Waals surface area contributed by atoms with Gasteiger partial charge in [0.2, 0.25) is 0 Å². The van der Waals surface area contributed by atoms with Crippen LogP contribution in [0.2, 0.25) is 0 Å². The summed E-state index contributed by atoms with van der Waals surface area (Å²) in [4.78, 5) is 11.6. The van der Waals surface area contributed by atoms with Crippen molar-refractivity contribution in [3.63, 3.8) is 0 Å². The zero-order valence-corrected chi connectivity index (χ0v) is 23.5. The molecule has 2 heterocycles. The Balaban J connectivity index is 1.38. The lowest BCUT2D eigenvalue weighted by atomic mass is 9.96. The van der Waals surface area contributed by atoms with Crippen LogP contribution in [0.1, 0.15) is 47.3 Å². The van der Waals surface area contributed by atoms with Crippen LogP contribution in [0.15, 0.2) is 78.9 Å². The van der Waals surface area contributed by atoms with Crippen LogP contribution in [0.5, 0.6) is 11.5 Å². The summed E-state index contributed by atoms with van der Waals surface area (Å²) in [6.07, 6.45) is 0.964. The number of nitrogens with one attached hydrogen (secondary N) is 1. The van der Waals surface area contributed by atoms with Gasteiger partial charge in [0.05, 0.1) is 31.9 Å². The summed E-state index contributed by atoms with van der Waals surface area (Å²) < 4.78 is 11.0. The quantitative estimate of drug-likeness (QED) is 0.191. The Morgan fingerprint density at radius 2 is 1.62 bits per heavy atom. The van der Waals surface area contributed by atoms with Crippen molar-refractivity contribution in [2.45, 2.75) is 38.8 Å². The summed E-state index contributed by atoms with van der Waals surface area (Å²) in [6.45, 7) is 4.01. The van der Waals surface area contributed by atoms with E-state index >= 15 is 0 Å². The maximum absolute atomic E-state index is 11.1. The van der Waals surface area contributed by atoms with Crippen LogP contribution in [0, 0.1) is 6.92 Å². The number of aliphatic hydroxyl groups excluding tert-OH is 1. The molecule has 200 valence electrons. The molecule has 0 aliphatic carbocycles. The first-order valence-corrected chi connectivity index (χ1v) is 13.9. The molecule has 2 atom stereocenters. The third-order valence-electron chi connectivity index (χ3n) is 6.85. The summed E-state index contributed by atoms with van der Waals surface area (Å²) in [5.74, 6) is 2.69. The molecule has 39 heavy (non-hydrogen) atoms. The molecular weight excluding hydrogens is 506 g/mol. The van der Waals surface area contributed by atoms with Crippen LogP contribution in [0.4, 0.5) is 5.82 Å². The second-order valence-electron chi connectivity index (χ2n) is 9.54. The predicted octanol–water partition coefficient (Wildman–Crippen LogP) is 7.52. The zero-order valence-electron chi connectivity index (χ0n) is 22.6. The highest BCUT2D eigenvalue weighted by atomic mass is 32.1. The van der Waals surface area contributed by atoms with Gasteiger partial charge in [-0.1, -0.05) is 54.6 Å². The predicted molar refractivity (Wildman–Crippen MR) is 159 cm³/mol. The molecule has 0 fully saturated rings. The van der Waals surface area contributed by atoms with Gasteiger partial charge in [-0.3, -0.25) is 0 Å². The van der Waals surface area contributed by atoms with E-state index in [2.05, 4.69) is 47.6 Å². The van der Waals surface area contributed by atoms with Gasteiger partial charge < -0.3 is 19.9 Å². The average molecular weight is 540 g/mol. The van der Waals surface area contributed by atoms with Crippen molar-refractivity contribution >= 4 is 28.1 Å². The van der Waals surface area contributed by atoms with Crippen molar-refractivity contribution in [3.8, 4) is 21.9 Å². The van der Waals surface area contributed by atoms with E-state index in [1.807, 2.05) is 55.5 Å². The Morgan fingerprint density at radius 1 is 0.897 bits per heavy atom. The third kappa shape index (κ3) is 5.90. The maximum atomic E-state index is 11.1. The van der Waals surface area contributed by atoms with Crippen molar-refractivity contribution in [1.29, 1.82) is 0 Å². The molecule has 2 unspecified atom stereocenters. The van der Waals surface area contributed by atoms with Gasteiger partial charge in [-0.2, -0.15) is 0 Å². The van der Waals surface area contributed by atoms with Crippen molar-refractivity contribution in [3.05, 3.63) is 101 Å². The van der Waals surface area contributed by atoms with Crippen molar-refractivity contribution < 1.29 is 14.6 Å². The molecule has 0 saturated carbocycles. The van der Waals surface area contributed by atoms with Crippen LogP contribution in [0.3, 0.4) is 0 Å². The van der Waals surface area contributed by atoms with Crippen molar-refractivity contribution in [2.75, 3.05) is 19.5 Å². The monoisotopic (exact) mass is 539 g/mol. The van der Waals surface area contributed by atoms with E-state index in [9.17, 15) is 5.11 Å². The van der Waals surface area contributed by atoms with Crippen LogP contribution in [-0.4, -0.2) is 29.3 Å². The fourth-order valence-electron chi connectivity index (χ4n) is 4.80. The van der Waals surface area contributed by atoms with E-state index in [-0.39, 0.29) is 6.04 Å². The van der Waals surface area contributed by atoms with E-state index in [0.717, 1.165) is 39.1 Å². The molecular formula is C32H33N3O3S. The standard InChI is InChI=1S/C32H33N3O3S/c1-20(33-32-25-18-28(37-3)29(38-4)19-26(25)34-21(2)35-32)30-16-17-31(39-30)24-13-9-8-12-23(24)27(36)15-14-22-10-6-5-7-11-22/h5-13,16-20,27,36H,14-15H2,1-4H3,(H,33,34,35). The topological polar surface area (TPSA) is 76.5 Å². The molecule has 0 amide bonds. The Morgan fingerprint density at radius 3 is 2.38 bits per heavy atom. The van der Waals surface area contributed by atoms with Gasteiger partial charge in [0, 0.05) is 21.2 Å². The molecule has 0 radical (unpaired) electrons. The van der Waals surface area contributed by atoms with Crippen LogP contribution < -0.4 is 14.8 Å². The number of ether oxygens (including phenoxy) is 2. The van der Waals surface area contributed by atoms with Gasteiger partial charge in [-0.05, 0) is 61.6 Å². The molecule has 0 spiro atoms. The minimum Gasteiger partial charge on any atom is -0.493 e. The molecule has 6 nitrogen and oxygen atoms in total. The van der Waals surface area contributed by atoms with Gasteiger partial charge in [0.1, 0.15) is 11.6 Å². The van der Waals surface area contributed by atoms with E-state index in [1.54, 1.807) is 25.6 Å². The van der Waals surface area contributed by atoms with Crippen molar-refractivity contribution in [1.82, 2.24) is 9.97 Å². The minimum absolute atomic E-state index is 0.00418. The van der Waals surface area contributed by atoms with Crippen LogP contribution >= 0.6 is 11.3 Å². The highest BCUT2D eigenvalue weighted by Crippen LogP contribution is 2.39. The number of rotatable bonds is 10. The zero-order chi connectivity index (χ0) is 27.4. The highest BCUT2D eigenvalue weighted by molar-refractivity contribution is 7.15. The molecule has 0 aliphatic rings. The number of benzene rings is 3. The highest BCUT2D eigenvalue weighted by Gasteiger charge is 2.18. The Bertz CT molecular complexity index is 1570. The van der Waals surface area contributed by atoms with E-state index < -0.39 is 6.10 Å². The molecule has 7 heteroatoms. The van der Waals surface area contributed by atoms with Crippen LogP contribution in [-0.2, 0) is 6.42 Å². The average Bonchev–Trinajstić information content (AvgIpc) is 3.46. The van der Waals surface area contributed by atoms with Gasteiger partial charge in [-0.25, -0.2) is 9.97 Å². The summed E-state index contributed by atoms with van der Waals surface area (Å²) in [7, 11) is 3.24. The number of aromatic nitrogens is 2. The Hall–Kier alpha value is -3.94. The largest absolute Gasteiger partial charge is 0.493 e. The summed E-state index contributed by atoms with van der Waals surface area (Å²) >= 11 is 1.72. The van der Waals surface area contributed by atoms with Crippen molar-refractivity contribution in [2.24, 2.45) is 0 Å². The third-order valence-corrected chi connectivity index (χ3v) is 8.16. The molecule has 5 rings (SSSR count). The normalized spacial score (nSPS) is 12.7. The molecule has 3 aromatic carbocycles. The number of thiophene rings is 1. The first-order chi connectivity index (χ1) is 19.0. The number of nitrogens with zero attached hydrogens (tertiary/aromatic N) is 2. The summed E-state index contributed by atoms with van der Waals surface area (Å²) in [5.41, 5.74) is 4.05. The van der Waals surface area contributed by atoms with Crippen LogP contribution in [0.25, 0.3) is 21.3 Å². The van der Waals surface area contributed by atoms with Gasteiger partial charge in [0.25, 0.3) is 0 Å². The molecule has 5 aromatic rings. The second-order valence-corrected chi connectivity index (χ2v) is 10.7. The molecule has 0 aliphatic heterocycles. The van der Waals surface area contributed by atoms with E-state index in [0.29, 0.717) is 23.7 Å². The van der Waals surface area contributed by atoms with E-state index in [4.69, 9.17) is 14.5 Å². The molecule has 2 N–H and O–H groups in total. The molecule has 0 saturated heterocycles. The SMILES string of the molecule is COc1cc2nc(C)nc(NC(C)c3ccc(-c4ccccc4C(O)CCc4ccccc4)s3)c2cc1OC. The number of aryl methyl sites for hydroxylation is 2. The number of aliphatic hydroxyl groups is 1. The Kier molecular flexibility index (Phi) is 8.10. The summed E-state index contributed by atoms with van der Waals surface area (Å²) in [6, 6.07) is 26.5. The lowest BCUT2D eigenvalue weighted by Gasteiger charge is -2.17. The fourth-order valence-corrected chi connectivity index (χ4v) is 5.86. The number of fused-ring (bicyclic) bond motifs is 1. The molecule has 0 bridgehead atoms. The smallest absolute Gasteiger partial charge is 0.162 e. The lowest BCUT2D eigenvalue weighted by molar-refractivity contribution is 0.168. The number of methoxy groups -OCH3 is 2. The van der Waals surface area contributed by atoms with Gasteiger partial charge in [0.15, 0.2) is 11.5 Å². The van der Waals surface area contributed by atoms with Gasteiger partial charge >= 0.3 is 0 Å². The second kappa shape index (κ2) is 11.8. The first-order valence-electron chi connectivity index (χ1n) is 13.0. The number of anilines is 1. The number of hydrogen-bond donors (Lipinski definition) is 2. The van der Waals surface area contributed by atoms with E-state index in [1.165, 1.54) is 10.4 Å². The molecule has 2 aromatic heterocycles. The first kappa shape index (κ1) is 26.7.